The Morgan fingerprint density at radius 3 is 2.38 bits per heavy atom. The Kier molecular flexibility index (Phi) is 6.14. The summed E-state index contributed by atoms with van der Waals surface area (Å²) in [7, 11) is -2.46. The van der Waals surface area contributed by atoms with Crippen LogP contribution in [0.3, 0.4) is 0 Å². The maximum Gasteiger partial charge on any atom is 0.243 e. The van der Waals surface area contributed by atoms with E-state index in [0.29, 0.717) is 13.1 Å². The van der Waals surface area contributed by atoms with Crippen molar-refractivity contribution in [3.05, 3.63) is 28.2 Å². The van der Waals surface area contributed by atoms with Gasteiger partial charge in [0.05, 0.1) is 33.7 Å². The van der Waals surface area contributed by atoms with Crippen molar-refractivity contribution in [2.75, 3.05) is 26.7 Å². The molecule has 0 aromatic heterocycles. The molecule has 1 aromatic rings. The Morgan fingerprint density at radius 1 is 1.25 bits per heavy atom. The first-order valence-electron chi connectivity index (χ1n) is 7.46. The highest BCUT2D eigenvalue weighted by molar-refractivity contribution is 7.89. The largest absolute Gasteiger partial charge is 0.372 e. The van der Waals surface area contributed by atoms with Crippen molar-refractivity contribution in [2.45, 2.75) is 31.0 Å². The number of hydrogen-bond acceptors (Lipinski definition) is 4. The SMILES string of the molecule is C[C@@H]1CN(C(=O)CN(C)S(=O)(=O)c2ccc(Cl)c(Cl)c2)C[C@H](C)O1. The van der Waals surface area contributed by atoms with Gasteiger partial charge in [0.2, 0.25) is 15.9 Å². The molecule has 0 bridgehead atoms. The van der Waals surface area contributed by atoms with Crippen LogP contribution in [-0.4, -0.2) is 62.4 Å². The Morgan fingerprint density at radius 2 is 1.83 bits per heavy atom. The van der Waals surface area contributed by atoms with Crippen molar-refractivity contribution < 1.29 is 17.9 Å². The summed E-state index contributed by atoms with van der Waals surface area (Å²) in [5.41, 5.74) is 0. The molecule has 1 aliphatic heterocycles. The van der Waals surface area contributed by atoms with Gasteiger partial charge < -0.3 is 9.64 Å². The van der Waals surface area contributed by atoms with Crippen molar-refractivity contribution in [2.24, 2.45) is 0 Å². The predicted molar refractivity (Wildman–Crippen MR) is 92.9 cm³/mol. The van der Waals surface area contributed by atoms with Crippen LogP contribution in [0.5, 0.6) is 0 Å². The summed E-state index contributed by atoms with van der Waals surface area (Å²) in [4.78, 5) is 14.0. The predicted octanol–water partition coefficient (Wildman–Crippen LogP) is 2.25. The molecule has 0 aliphatic carbocycles. The molecule has 1 amide bonds. The van der Waals surface area contributed by atoms with E-state index in [2.05, 4.69) is 0 Å². The average molecular weight is 395 g/mol. The van der Waals surface area contributed by atoms with Gasteiger partial charge in [0.15, 0.2) is 0 Å². The first-order chi connectivity index (χ1) is 11.1. The summed E-state index contributed by atoms with van der Waals surface area (Å²) in [6, 6.07) is 4.06. The molecule has 1 aliphatic rings. The number of amides is 1. The molecule has 0 saturated carbocycles. The van der Waals surface area contributed by atoms with Gasteiger partial charge in [-0.25, -0.2) is 8.42 Å². The van der Waals surface area contributed by atoms with Crippen LogP contribution in [0.1, 0.15) is 13.8 Å². The summed E-state index contributed by atoms with van der Waals surface area (Å²) in [5.74, 6) is -0.261. The van der Waals surface area contributed by atoms with Crippen molar-refractivity contribution >= 4 is 39.1 Å². The highest BCUT2D eigenvalue weighted by Gasteiger charge is 2.29. The first-order valence-corrected chi connectivity index (χ1v) is 9.65. The van der Waals surface area contributed by atoms with Crippen molar-refractivity contribution in [1.29, 1.82) is 0 Å². The van der Waals surface area contributed by atoms with E-state index in [1.54, 1.807) is 4.90 Å². The van der Waals surface area contributed by atoms with Gasteiger partial charge in [0.1, 0.15) is 0 Å². The molecule has 0 N–H and O–H groups in total. The quantitative estimate of drug-likeness (QED) is 0.785. The van der Waals surface area contributed by atoms with Crippen LogP contribution in [0, 0.1) is 0 Å². The minimum Gasteiger partial charge on any atom is -0.372 e. The van der Waals surface area contributed by atoms with Gasteiger partial charge in [-0.05, 0) is 32.0 Å². The van der Waals surface area contributed by atoms with Crippen molar-refractivity contribution in [1.82, 2.24) is 9.21 Å². The lowest BCUT2D eigenvalue weighted by Crippen LogP contribution is -2.51. The highest BCUT2D eigenvalue weighted by Crippen LogP contribution is 2.26. The third-order valence-corrected chi connectivity index (χ3v) is 6.27. The topological polar surface area (TPSA) is 66.9 Å². The second kappa shape index (κ2) is 7.58. The minimum absolute atomic E-state index is 0.00378. The van der Waals surface area contributed by atoms with Crippen LogP contribution in [0.2, 0.25) is 10.0 Å². The maximum atomic E-state index is 12.6. The Bertz CT molecular complexity index is 716. The normalized spacial score (nSPS) is 22.0. The summed E-state index contributed by atoms with van der Waals surface area (Å²) < 4.78 is 31.7. The standard InChI is InChI=1S/C15H20Cl2N2O4S/c1-10-7-19(8-11(2)23-10)15(20)9-18(3)24(21,22)12-4-5-13(16)14(17)6-12/h4-6,10-11H,7-9H2,1-3H3/t10-,11+. The fraction of sp³-hybridized carbons (Fsp3) is 0.533. The average Bonchev–Trinajstić information content (AvgIpc) is 2.48. The molecule has 9 heteroatoms. The number of sulfonamides is 1. The van der Waals surface area contributed by atoms with Gasteiger partial charge in [-0.15, -0.1) is 0 Å². The van der Waals surface area contributed by atoms with Crippen LogP contribution in [0.25, 0.3) is 0 Å². The van der Waals surface area contributed by atoms with Gasteiger partial charge in [-0.1, -0.05) is 23.2 Å². The van der Waals surface area contributed by atoms with Crippen LogP contribution in [-0.2, 0) is 19.6 Å². The van der Waals surface area contributed by atoms with E-state index >= 15 is 0 Å². The van der Waals surface area contributed by atoms with E-state index in [9.17, 15) is 13.2 Å². The lowest BCUT2D eigenvalue weighted by Gasteiger charge is -2.36. The summed E-state index contributed by atoms with van der Waals surface area (Å²) in [5, 5.41) is 0.416. The number of carbonyl (C=O) groups excluding carboxylic acids is 1. The molecule has 1 saturated heterocycles. The molecule has 1 fully saturated rings. The summed E-state index contributed by atoms with van der Waals surface area (Å²) >= 11 is 11.7. The van der Waals surface area contributed by atoms with Crippen LogP contribution < -0.4 is 0 Å². The molecule has 134 valence electrons. The molecular weight excluding hydrogens is 375 g/mol. The third-order valence-electron chi connectivity index (χ3n) is 3.73. The van der Waals surface area contributed by atoms with E-state index in [4.69, 9.17) is 27.9 Å². The number of ether oxygens (including phenoxy) is 1. The second-order valence-electron chi connectivity index (χ2n) is 5.89. The fourth-order valence-corrected chi connectivity index (χ4v) is 4.08. The smallest absolute Gasteiger partial charge is 0.243 e. The molecule has 2 atom stereocenters. The lowest BCUT2D eigenvalue weighted by molar-refractivity contribution is -0.143. The molecule has 0 radical (unpaired) electrons. The molecule has 0 spiro atoms. The van der Waals surface area contributed by atoms with Crippen molar-refractivity contribution in [3.63, 3.8) is 0 Å². The van der Waals surface area contributed by atoms with E-state index in [1.165, 1.54) is 25.2 Å². The Labute approximate surface area is 152 Å². The number of morpholine rings is 1. The van der Waals surface area contributed by atoms with E-state index in [-0.39, 0.29) is 39.6 Å². The zero-order chi connectivity index (χ0) is 18.1. The van der Waals surface area contributed by atoms with Gasteiger partial charge in [0, 0.05) is 20.1 Å². The molecule has 2 rings (SSSR count). The molecule has 0 unspecified atom stereocenters. The number of hydrogen-bond donors (Lipinski definition) is 0. The number of likely N-dealkylation sites (N-methyl/N-ethyl adjacent to an activating group) is 1. The Hall–Kier alpha value is -0.860. The molecule has 24 heavy (non-hydrogen) atoms. The van der Waals surface area contributed by atoms with Gasteiger partial charge in [-0.2, -0.15) is 4.31 Å². The number of halogens is 2. The number of carbonyl (C=O) groups is 1. The number of benzene rings is 1. The van der Waals surface area contributed by atoms with E-state index in [0.717, 1.165) is 4.31 Å². The Balaban J connectivity index is 2.11. The summed E-state index contributed by atoms with van der Waals surface area (Å²) in [6.07, 6.45) is -0.149. The molecule has 1 aromatic carbocycles. The van der Waals surface area contributed by atoms with Gasteiger partial charge in [0.25, 0.3) is 0 Å². The van der Waals surface area contributed by atoms with Crippen molar-refractivity contribution in [3.8, 4) is 0 Å². The van der Waals surface area contributed by atoms with Crippen LogP contribution >= 0.6 is 23.2 Å². The minimum atomic E-state index is -3.83. The van der Waals surface area contributed by atoms with E-state index < -0.39 is 10.0 Å². The zero-order valence-corrected chi connectivity index (χ0v) is 16.0. The molecular formula is C15H20Cl2N2O4S. The third kappa shape index (κ3) is 4.40. The second-order valence-corrected chi connectivity index (χ2v) is 8.75. The van der Waals surface area contributed by atoms with Crippen LogP contribution in [0.4, 0.5) is 0 Å². The molecule has 6 nitrogen and oxygen atoms in total. The molecule has 1 heterocycles. The van der Waals surface area contributed by atoms with Crippen LogP contribution in [0.15, 0.2) is 23.1 Å². The summed E-state index contributed by atoms with van der Waals surface area (Å²) in [6.45, 7) is 4.41. The lowest BCUT2D eigenvalue weighted by atomic mass is 10.2. The van der Waals surface area contributed by atoms with Gasteiger partial charge in [-0.3, -0.25) is 4.79 Å². The number of nitrogens with zero attached hydrogens (tertiary/aromatic N) is 2. The highest BCUT2D eigenvalue weighted by atomic mass is 35.5. The number of rotatable bonds is 4. The maximum absolute atomic E-state index is 12.6. The van der Waals surface area contributed by atoms with Gasteiger partial charge >= 0.3 is 0 Å². The monoisotopic (exact) mass is 394 g/mol. The first kappa shape index (κ1) is 19.5. The zero-order valence-electron chi connectivity index (χ0n) is 13.7. The fourth-order valence-electron chi connectivity index (χ4n) is 2.57. The van der Waals surface area contributed by atoms with E-state index in [1.807, 2.05) is 13.8 Å².